The van der Waals surface area contributed by atoms with Gasteiger partial charge in [0, 0.05) is 4.47 Å². The molecule has 6 heteroatoms. The molecule has 0 aliphatic rings. The molecular weight excluding hydrogens is 341 g/mol. The van der Waals surface area contributed by atoms with E-state index in [1.165, 1.54) is 12.1 Å². The normalized spacial score (nSPS) is 10.7. The number of H-pyrrole nitrogens is 1. The van der Waals surface area contributed by atoms with Gasteiger partial charge in [0.15, 0.2) is 4.77 Å². The molecule has 3 rings (SSSR count). The third-order valence-corrected chi connectivity index (χ3v) is 3.74. The van der Waals surface area contributed by atoms with E-state index < -0.39 is 5.82 Å². The first-order chi connectivity index (χ1) is 9.60. The highest BCUT2D eigenvalue weighted by Gasteiger charge is 2.11. The van der Waals surface area contributed by atoms with Crippen LogP contribution in [0, 0.1) is 21.9 Å². The first kappa shape index (κ1) is 13.0. The Morgan fingerprint density at radius 1 is 1.25 bits per heavy atom. The van der Waals surface area contributed by atoms with Crippen molar-refractivity contribution in [2.24, 2.45) is 0 Å². The highest BCUT2D eigenvalue weighted by molar-refractivity contribution is 9.10. The molecule has 98 valence electrons. The minimum Gasteiger partial charge on any atom is -0.330 e. The predicted molar refractivity (Wildman–Crippen MR) is 80.8 cm³/mol. The van der Waals surface area contributed by atoms with Gasteiger partial charge in [0.1, 0.15) is 11.9 Å². The number of nitriles is 1. The third kappa shape index (κ3) is 2.05. The fourth-order valence-electron chi connectivity index (χ4n) is 2.11. The lowest BCUT2D eigenvalue weighted by Gasteiger charge is -2.07. The molecule has 0 unspecified atom stereocenters. The summed E-state index contributed by atoms with van der Waals surface area (Å²) in [6.45, 7) is 0. The largest absolute Gasteiger partial charge is 0.330 e. The highest BCUT2D eigenvalue weighted by Crippen LogP contribution is 2.25. The van der Waals surface area contributed by atoms with Crippen molar-refractivity contribution in [2.75, 3.05) is 0 Å². The quantitative estimate of drug-likeness (QED) is 0.660. The van der Waals surface area contributed by atoms with Crippen LogP contribution in [-0.2, 0) is 0 Å². The first-order valence-corrected chi connectivity index (χ1v) is 6.90. The van der Waals surface area contributed by atoms with Crippen LogP contribution in [0.3, 0.4) is 0 Å². The summed E-state index contributed by atoms with van der Waals surface area (Å²) >= 11 is 8.72. The number of aromatic nitrogens is 2. The van der Waals surface area contributed by atoms with Gasteiger partial charge in [-0.3, -0.25) is 4.57 Å². The van der Waals surface area contributed by atoms with E-state index in [-0.39, 0.29) is 5.56 Å². The van der Waals surface area contributed by atoms with Crippen LogP contribution in [0.15, 0.2) is 40.9 Å². The summed E-state index contributed by atoms with van der Waals surface area (Å²) in [7, 11) is 0. The Kier molecular flexibility index (Phi) is 3.16. The fourth-order valence-corrected chi connectivity index (χ4v) is 2.76. The van der Waals surface area contributed by atoms with Gasteiger partial charge >= 0.3 is 0 Å². The molecule has 3 nitrogen and oxygen atoms in total. The van der Waals surface area contributed by atoms with Crippen LogP contribution >= 0.6 is 28.1 Å². The van der Waals surface area contributed by atoms with Gasteiger partial charge in [0.05, 0.1) is 22.3 Å². The maximum atomic E-state index is 13.3. The zero-order valence-electron chi connectivity index (χ0n) is 10.0. The van der Waals surface area contributed by atoms with Crippen LogP contribution in [0.25, 0.3) is 16.7 Å². The van der Waals surface area contributed by atoms with E-state index in [0.29, 0.717) is 10.5 Å². The monoisotopic (exact) mass is 347 g/mol. The number of hydrogen-bond donors (Lipinski definition) is 1. The molecule has 1 aromatic heterocycles. The molecule has 1 heterocycles. The SMILES string of the molecule is N#Cc1cc(F)ccc1-n1c(=S)[nH]c2ccc(Br)cc21. The number of fused-ring (bicyclic) bond motifs is 1. The number of halogens is 2. The summed E-state index contributed by atoms with van der Waals surface area (Å²) in [5.74, 6) is -0.446. The number of benzene rings is 2. The predicted octanol–water partition coefficient (Wildman–Crippen LogP) is 4.46. The number of aromatic amines is 1. The van der Waals surface area contributed by atoms with Crippen molar-refractivity contribution >= 4 is 39.2 Å². The summed E-state index contributed by atoms with van der Waals surface area (Å²) in [5.41, 5.74) is 2.48. The molecule has 0 saturated carbocycles. The van der Waals surface area contributed by atoms with Crippen LogP contribution < -0.4 is 0 Å². The second-order valence-electron chi connectivity index (χ2n) is 4.20. The topological polar surface area (TPSA) is 44.5 Å². The standard InChI is InChI=1S/C14H7BrFN3S/c15-9-1-3-11-13(6-9)19(14(20)18-11)12-4-2-10(16)5-8(12)7-17/h1-6H,(H,18,20). The lowest BCUT2D eigenvalue weighted by atomic mass is 10.2. The van der Waals surface area contributed by atoms with E-state index in [1.54, 1.807) is 10.6 Å². The Labute approximate surface area is 127 Å². The second kappa shape index (κ2) is 4.85. The van der Waals surface area contributed by atoms with E-state index in [2.05, 4.69) is 20.9 Å². The van der Waals surface area contributed by atoms with Crippen molar-refractivity contribution in [3.8, 4) is 11.8 Å². The van der Waals surface area contributed by atoms with Crippen molar-refractivity contribution in [1.82, 2.24) is 9.55 Å². The van der Waals surface area contributed by atoms with Gasteiger partial charge in [0.25, 0.3) is 0 Å². The molecule has 1 N–H and O–H groups in total. The van der Waals surface area contributed by atoms with Gasteiger partial charge < -0.3 is 4.98 Å². The third-order valence-electron chi connectivity index (χ3n) is 2.97. The van der Waals surface area contributed by atoms with Crippen molar-refractivity contribution in [2.45, 2.75) is 0 Å². The van der Waals surface area contributed by atoms with Crippen molar-refractivity contribution < 1.29 is 4.39 Å². The number of nitrogens with one attached hydrogen (secondary N) is 1. The zero-order chi connectivity index (χ0) is 14.3. The molecule has 0 aliphatic heterocycles. The maximum Gasteiger partial charge on any atom is 0.182 e. The van der Waals surface area contributed by atoms with Crippen molar-refractivity contribution in [3.05, 3.63) is 57.0 Å². The number of rotatable bonds is 1. The van der Waals surface area contributed by atoms with Crippen LogP contribution in [0.4, 0.5) is 4.39 Å². The molecule has 0 amide bonds. The summed E-state index contributed by atoms with van der Waals surface area (Å²) in [4.78, 5) is 3.07. The molecule has 0 fully saturated rings. The molecule has 0 aliphatic carbocycles. The Morgan fingerprint density at radius 3 is 2.80 bits per heavy atom. The molecule has 0 atom stereocenters. The minimum absolute atomic E-state index is 0.238. The second-order valence-corrected chi connectivity index (χ2v) is 5.50. The van der Waals surface area contributed by atoms with Gasteiger partial charge in [-0.1, -0.05) is 15.9 Å². The van der Waals surface area contributed by atoms with Gasteiger partial charge in [-0.05, 0) is 48.6 Å². The average Bonchev–Trinajstić information content (AvgIpc) is 2.74. The van der Waals surface area contributed by atoms with Crippen LogP contribution in [0.5, 0.6) is 0 Å². The van der Waals surface area contributed by atoms with Gasteiger partial charge in [-0.15, -0.1) is 0 Å². The first-order valence-electron chi connectivity index (χ1n) is 5.70. The molecule has 20 heavy (non-hydrogen) atoms. The number of nitrogens with zero attached hydrogens (tertiary/aromatic N) is 2. The maximum absolute atomic E-state index is 13.3. The molecule has 0 radical (unpaired) electrons. The van der Waals surface area contributed by atoms with E-state index in [1.807, 2.05) is 24.3 Å². The summed E-state index contributed by atoms with van der Waals surface area (Å²) in [5, 5.41) is 9.18. The number of hydrogen-bond acceptors (Lipinski definition) is 2. The lowest BCUT2D eigenvalue weighted by Crippen LogP contribution is -1.98. The smallest absolute Gasteiger partial charge is 0.182 e. The van der Waals surface area contributed by atoms with E-state index in [0.717, 1.165) is 15.5 Å². The van der Waals surface area contributed by atoms with E-state index in [9.17, 15) is 9.65 Å². The molecule has 3 aromatic rings. The average molecular weight is 348 g/mol. The Balaban J connectivity index is 2.41. The zero-order valence-corrected chi connectivity index (χ0v) is 12.4. The fraction of sp³-hybridized carbons (Fsp3) is 0. The highest BCUT2D eigenvalue weighted by atomic mass is 79.9. The molecule has 0 bridgehead atoms. The number of imidazole rings is 1. The van der Waals surface area contributed by atoms with Gasteiger partial charge in [-0.25, -0.2) is 4.39 Å². The van der Waals surface area contributed by atoms with Crippen LogP contribution in [0.1, 0.15) is 5.56 Å². The van der Waals surface area contributed by atoms with Crippen molar-refractivity contribution in [3.63, 3.8) is 0 Å². The van der Waals surface area contributed by atoms with Crippen LogP contribution in [-0.4, -0.2) is 9.55 Å². The lowest BCUT2D eigenvalue weighted by molar-refractivity contribution is 0.627. The molecular formula is C14H7BrFN3S. The van der Waals surface area contributed by atoms with Crippen LogP contribution in [0.2, 0.25) is 0 Å². The van der Waals surface area contributed by atoms with Gasteiger partial charge in [-0.2, -0.15) is 5.26 Å². The van der Waals surface area contributed by atoms with Crippen molar-refractivity contribution in [1.29, 1.82) is 5.26 Å². The summed E-state index contributed by atoms with van der Waals surface area (Å²) in [6.07, 6.45) is 0. The van der Waals surface area contributed by atoms with Gasteiger partial charge in [0.2, 0.25) is 0 Å². The minimum atomic E-state index is -0.446. The molecule has 0 saturated heterocycles. The van der Waals surface area contributed by atoms with E-state index in [4.69, 9.17) is 12.2 Å². The molecule has 2 aromatic carbocycles. The Bertz CT molecular complexity index is 920. The van der Waals surface area contributed by atoms with E-state index >= 15 is 0 Å². The Hall–Kier alpha value is -1.97. The summed E-state index contributed by atoms with van der Waals surface area (Å²) < 4.78 is 16.3. The Morgan fingerprint density at radius 2 is 2.05 bits per heavy atom. The summed E-state index contributed by atoms with van der Waals surface area (Å²) in [6, 6.07) is 11.8. The molecule has 0 spiro atoms.